The Morgan fingerprint density at radius 1 is 1.15 bits per heavy atom. The van der Waals surface area contributed by atoms with Crippen molar-refractivity contribution in [2.24, 2.45) is 0 Å². The van der Waals surface area contributed by atoms with Crippen LogP contribution in [0.25, 0.3) is 5.69 Å². The lowest BCUT2D eigenvalue weighted by molar-refractivity contribution is 0.0729. The van der Waals surface area contributed by atoms with E-state index in [2.05, 4.69) is 5.10 Å². The first kappa shape index (κ1) is 17.3. The third-order valence-electron chi connectivity index (χ3n) is 5.00. The van der Waals surface area contributed by atoms with Gasteiger partial charge in [0.2, 0.25) is 0 Å². The summed E-state index contributed by atoms with van der Waals surface area (Å²) in [5.41, 5.74) is 3.59. The predicted molar refractivity (Wildman–Crippen MR) is 104 cm³/mol. The van der Waals surface area contributed by atoms with Crippen molar-refractivity contribution in [3.05, 3.63) is 77.6 Å². The Labute approximate surface area is 159 Å². The van der Waals surface area contributed by atoms with Crippen LogP contribution >= 0.6 is 0 Å². The van der Waals surface area contributed by atoms with Gasteiger partial charge in [0.25, 0.3) is 5.91 Å². The van der Waals surface area contributed by atoms with Crippen LogP contribution in [0.3, 0.4) is 0 Å². The number of hydrogen-bond donors (Lipinski definition) is 0. The summed E-state index contributed by atoms with van der Waals surface area (Å²) in [6.07, 6.45) is 3.82. The molecule has 0 aliphatic heterocycles. The largest absolute Gasteiger partial charge is 0.497 e. The molecule has 1 aliphatic carbocycles. The van der Waals surface area contributed by atoms with Gasteiger partial charge in [-0.15, -0.1) is 0 Å². The van der Waals surface area contributed by atoms with Gasteiger partial charge in [-0.1, -0.05) is 30.3 Å². The zero-order valence-corrected chi connectivity index (χ0v) is 15.6. The predicted octanol–water partition coefficient (Wildman–Crippen LogP) is 3.99. The highest BCUT2D eigenvalue weighted by molar-refractivity contribution is 5.95. The Morgan fingerprint density at radius 2 is 1.85 bits per heavy atom. The van der Waals surface area contributed by atoms with Crippen molar-refractivity contribution in [2.45, 2.75) is 32.4 Å². The molecule has 138 valence electrons. The third-order valence-corrected chi connectivity index (χ3v) is 5.00. The summed E-state index contributed by atoms with van der Waals surface area (Å²) in [5.74, 6) is 0.871. The standard InChI is InChI=1S/C22H23N3O2/c1-16-21(14-23-25(16)19-6-4-3-5-7-19)22(26)24(18-10-11-18)15-17-8-12-20(27-2)13-9-17/h3-9,12-14,18H,10-11,15H2,1-2H3. The highest BCUT2D eigenvalue weighted by Crippen LogP contribution is 2.31. The molecule has 1 fully saturated rings. The normalized spacial score (nSPS) is 13.4. The average molecular weight is 361 g/mol. The summed E-state index contributed by atoms with van der Waals surface area (Å²) < 4.78 is 7.04. The van der Waals surface area contributed by atoms with Gasteiger partial charge >= 0.3 is 0 Å². The van der Waals surface area contributed by atoms with E-state index in [0.717, 1.165) is 35.5 Å². The molecule has 0 radical (unpaired) electrons. The number of carbonyl (C=O) groups excluding carboxylic acids is 1. The van der Waals surface area contributed by atoms with Crippen LogP contribution in [-0.4, -0.2) is 33.7 Å². The molecular weight excluding hydrogens is 338 g/mol. The third kappa shape index (κ3) is 3.58. The molecule has 1 aromatic heterocycles. The van der Waals surface area contributed by atoms with Gasteiger partial charge in [-0.05, 0) is 49.6 Å². The molecule has 27 heavy (non-hydrogen) atoms. The van der Waals surface area contributed by atoms with Crippen LogP contribution in [-0.2, 0) is 6.54 Å². The molecule has 5 nitrogen and oxygen atoms in total. The summed E-state index contributed by atoms with van der Waals surface area (Å²) in [7, 11) is 1.65. The molecule has 3 aromatic rings. The first-order valence-electron chi connectivity index (χ1n) is 9.21. The van der Waals surface area contributed by atoms with E-state index in [1.165, 1.54) is 0 Å². The Morgan fingerprint density at radius 3 is 2.48 bits per heavy atom. The minimum Gasteiger partial charge on any atom is -0.497 e. The van der Waals surface area contributed by atoms with Crippen molar-refractivity contribution in [1.29, 1.82) is 0 Å². The summed E-state index contributed by atoms with van der Waals surface area (Å²) in [6, 6.07) is 18.1. The number of rotatable bonds is 6. The highest BCUT2D eigenvalue weighted by Gasteiger charge is 2.34. The fourth-order valence-corrected chi connectivity index (χ4v) is 3.28. The zero-order chi connectivity index (χ0) is 18.8. The number of ether oxygens (including phenoxy) is 1. The van der Waals surface area contributed by atoms with Crippen molar-refractivity contribution in [3.8, 4) is 11.4 Å². The highest BCUT2D eigenvalue weighted by atomic mass is 16.5. The van der Waals surface area contributed by atoms with Gasteiger partial charge in [-0.2, -0.15) is 5.10 Å². The molecule has 1 saturated carbocycles. The van der Waals surface area contributed by atoms with E-state index in [9.17, 15) is 4.79 Å². The van der Waals surface area contributed by atoms with Crippen LogP contribution < -0.4 is 4.74 Å². The molecule has 5 heteroatoms. The van der Waals surface area contributed by atoms with Crippen molar-refractivity contribution in [3.63, 3.8) is 0 Å². The molecule has 1 heterocycles. The molecule has 1 aliphatic rings. The van der Waals surface area contributed by atoms with Gasteiger partial charge in [-0.25, -0.2) is 4.68 Å². The fourth-order valence-electron chi connectivity index (χ4n) is 3.28. The van der Waals surface area contributed by atoms with E-state index >= 15 is 0 Å². The summed E-state index contributed by atoms with van der Waals surface area (Å²) >= 11 is 0. The second kappa shape index (κ2) is 7.27. The maximum absolute atomic E-state index is 13.3. The number of nitrogens with zero attached hydrogens (tertiary/aromatic N) is 3. The van der Waals surface area contributed by atoms with E-state index in [0.29, 0.717) is 18.2 Å². The monoisotopic (exact) mass is 361 g/mol. The fraction of sp³-hybridized carbons (Fsp3) is 0.273. The van der Waals surface area contributed by atoms with E-state index in [1.807, 2.05) is 71.1 Å². The molecule has 2 aromatic carbocycles. The van der Waals surface area contributed by atoms with Crippen LogP contribution in [0.5, 0.6) is 5.75 Å². The number of methoxy groups -OCH3 is 1. The second-order valence-corrected chi connectivity index (χ2v) is 6.90. The SMILES string of the molecule is COc1ccc(CN(C(=O)c2cnn(-c3ccccc3)c2C)C2CC2)cc1. The van der Waals surface area contributed by atoms with Gasteiger partial charge in [0.1, 0.15) is 5.75 Å². The molecule has 0 bridgehead atoms. The van der Waals surface area contributed by atoms with Gasteiger partial charge in [0.05, 0.1) is 30.3 Å². The lowest BCUT2D eigenvalue weighted by Gasteiger charge is -2.22. The van der Waals surface area contributed by atoms with Crippen molar-refractivity contribution in [2.75, 3.05) is 7.11 Å². The number of benzene rings is 2. The van der Waals surface area contributed by atoms with Gasteiger partial charge < -0.3 is 9.64 Å². The molecule has 1 amide bonds. The number of hydrogen-bond acceptors (Lipinski definition) is 3. The average Bonchev–Trinajstić information content (AvgIpc) is 3.48. The van der Waals surface area contributed by atoms with E-state index in [4.69, 9.17) is 4.74 Å². The number of carbonyl (C=O) groups is 1. The molecule has 0 spiro atoms. The Hall–Kier alpha value is -3.08. The quantitative estimate of drug-likeness (QED) is 0.667. The topological polar surface area (TPSA) is 47.4 Å². The minimum atomic E-state index is 0.0491. The lowest BCUT2D eigenvalue weighted by atomic mass is 10.1. The van der Waals surface area contributed by atoms with Crippen LogP contribution in [0.1, 0.15) is 34.5 Å². The minimum absolute atomic E-state index is 0.0491. The van der Waals surface area contributed by atoms with Crippen molar-refractivity contribution in [1.82, 2.24) is 14.7 Å². The van der Waals surface area contributed by atoms with Crippen LogP contribution in [0, 0.1) is 6.92 Å². The number of para-hydroxylation sites is 1. The number of aromatic nitrogens is 2. The van der Waals surface area contributed by atoms with Crippen molar-refractivity contribution < 1.29 is 9.53 Å². The Balaban J connectivity index is 1.58. The maximum atomic E-state index is 13.3. The van der Waals surface area contributed by atoms with Gasteiger partial charge in [0.15, 0.2) is 0 Å². The van der Waals surface area contributed by atoms with Crippen LogP contribution in [0.4, 0.5) is 0 Å². The molecule has 0 saturated heterocycles. The summed E-state index contributed by atoms with van der Waals surface area (Å²) in [6.45, 7) is 2.55. The van der Waals surface area contributed by atoms with Gasteiger partial charge in [-0.3, -0.25) is 4.79 Å². The second-order valence-electron chi connectivity index (χ2n) is 6.90. The van der Waals surface area contributed by atoms with Gasteiger partial charge in [0, 0.05) is 12.6 Å². The van der Waals surface area contributed by atoms with E-state index in [-0.39, 0.29) is 5.91 Å². The van der Waals surface area contributed by atoms with Crippen LogP contribution in [0.15, 0.2) is 60.8 Å². The van der Waals surface area contributed by atoms with E-state index < -0.39 is 0 Å². The summed E-state index contributed by atoms with van der Waals surface area (Å²) in [5, 5.41) is 4.45. The van der Waals surface area contributed by atoms with E-state index in [1.54, 1.807) is 13.3 Å². The number of amides is 1. The smallest absolute Gasteiger partial charge is 0.257 e. The lowest BCUT2D eigenvalue weighted by Crippen LogP contribution is -2.32. The zero-order valence-electron chi connectivity index (χ0n) is 15.6. The Bertz CT molecular complexity index is 928. The molecule has 0 unspecified atom stereocenters. The first-order valence-corrected chi connectivity index (χ1v) is 9.21. The summed E-state index contributed by atoms with van der Waals surface area (Å²) in [4.78, 5) is 15.2. The molecule has 4 rings (SSSR count). The molecule has 0 N–H and O–H groups in total. The maximum Gasteiger partial charge on any atom is 0.257 e. The molecular formula is C22H23N3O2. The first-order chi connectivity index (χ1) is 13.2. The Kier molecular flexibility index (Phi) is 4.67. The van der Waals surface area contributed by atoms with Crippen molar-refractivity contribution >= 4 is 5.91 Å². The molecule has 0 atom stereocenters. The van der Waals surface area contributed by atoms with Crippen LogP contribution in [0.2, 0.25) is 0 Å².